The third kappa shape index (κ3) is 3.43. The van der Waals surface area contributed by atoms with Crippen LogP contribution in [0.2, 0.25) is 0 Å². The molecule has 19 heavy (non-hydrogen) atoms. The van der Waals surface area contributed by atoms with Gasteiger partial charge in [-0.1, -0.05) is 6.42 Å². The van der Waals surface area contributed by atoms with Gasteiger partial charge in [-0.25, -0.2) is 4.98 Å². The van der Waals surface area contributed by atoms with Crippen LogP contribution in [0.5, 0.6) is 0 Å². The van der Waals surface area contributed by atoms with E-state index in [-0.39, 0.29) is 11.8 Å². The van der Waals surface area contributed by atoms with Gasteiger partial charge in [0.05, 0.1) is 0 Å². The normalized spacial score (nSPS) is 18.9. The van der Waals surface area contributed by atoms with Gasteiger partial charge in [0.1, 0.15) is 5.82 Å². The van der Waals surface area contributed by atoms with Crippen molar-refractivity contribution >= 4 is 22.6 Å². The monoisotopic (exact) mass is 280 g/mol. The Labute approximate surface area is 117 Å². The topological polar surface area (TPSA) is 66.9 Å². The highest BCUT2D eigenvalue weighted by Crippen LogP contribution is 2.39. The largest absolute Gasteiger partial charge is 0.360 e. The van der Waals surface area contributed by atoms with Crippen molar-refractivity contribution in [3.05, 3.63) is 5.82 Å². The summed E-state index contributed by atoms with van der Waals surface area (Å²) in [5.74, 6) is 2.15. The molecule has 1 amide bonds. The van der Waals surface area contributed by atoms with E-state index in [4.69, 9.17) is 0 Å². The SMILES string of the molecule is O=C(NCCCNc1nc(C2CC2)ns1)C1CCC1. The summed E-state index contributed by atoms with van der Waals surface area (Å²) >= 11 is 1.44. The predicted molar refractivity (Wildman–Crippen MR) is 75.3 cm³/mol. The van der Waals surface area contributed by atoms with E-state index in [2.05, 4.69) is 20.0 Å². The molecule has 0 bridgehead atoms. The average Bonchev–Trinajstić information content (AvgIpc) is 3.07. The third-order valence-electron chi connectivity index (χ3n) is 3.79. The Morgan fingerprint density at radius 3 is 2.79 bits per heavy atom. The molecular weight excluding hydrogens is 260 g/mol. The zero-order valence-corrected chi connectivity index (χ0v) is 11.8. The Bertz CT molecular complexity index is 440. The van der Waals surface area contributed by atoms with Gasteiger partial charge in [0.2, 0.25) is 11.0 Å². The summed E-state index contributed by atoms with van der Waals surface area (Å²) in [5, 5.41) is 7.17. The van der Waals surface area contributed by atoms with Crippen molar-refractivity contribution in [3.8, 4) is 0 Å². The molecule has 1 aromatic rings. The molecule has 104 valence electrons. The molecule has 3 rings (SSSR count). The molecule has 2 aliphatic rings. The molecular formula is C13H20N4OS. The minimum absolute atomic E-state index is 0.234. The highest BCUT2D eigenvalue weighted by Gasteiger charge is 2.27. The van der Waals surface area contributed by atoms with Crippen molar-refractivity contribution in [1.82, 2.24) is 14.7 Å². The van der Waals surface area contributed by atoms with E-state index in [1.165, 1.54) is 30.8 Å². The molecule has 0 atom stereocenters. The maximum atomic E-state index is 11.6. The van der Waals surface area contributed by atoms with Crippen LogP contribution in [-0.2, 0) is 4.79 Å². The van der Waals surface area contributed by atoms with E-state index in [1.54, 1.807) is 0 Å². The smallest absolute Gasteiger partial charge is 0.223 e. The zero-order valence-electron chi connectivity index (χ0n) is 11.0. The number of nitrogens with one attached hydrogen (secondary N) is 2. The van der Waals surface area contributed by atoms with Crippen LogP contribution < -0.4 is 10.6 Å². The van der Waals surface area contributed by atoms with Gasteiger partial charge in [0.25, 0.3) is 0 Å². The fourth-order valence-electron chi connectivity index (χ4n) is 2.12. The van der Waals surface area contributed by atoms with Crippen LogP contribution in [0, 0.1) is 5.92 Å². The van der Waals surface area contributed by atoms with Crippen LogP contribution in [0.3, 0.4) is 0 Å². The van der Waals surface area contributed by atoms with E-state index < -0.39 is 0 Å². The van der Waals surface area contributed by atoms with Crippen LogP contribution in [0.4, 0.5) is 5.13 Å². The van der Waals surface area contributed by atoms with E-state index in [9.17, 15) is 4.79 Å². The second kappa shape index (κ2) is 5.86. The molecule has 2 fully saturated rings. The first kappa shape index (κ1) is 12.8. The number of hydrogen-bond acceptors (Lipinski definition) is 5. The van der Waals surface area contributed by atoms with Crippen LogP contribution in [-0.4, -0.2) is 28.4 Å². The molecule has 2 N–H and O–H groups in total. The van der Waals surface area contributed by atoms with Crippen LogP contribution in [0.1, 0.15) is 50.3 Å². The van der Waals surface area contributed by atoms with Gasteiger partial charge < -0.3 is 10.6 Å². The summed E-state index contributed by atoms with van der Waals surface area (Å²) in [6.07, 6.45) is 6.75. The first-order valence-corrected chi connectivity index (χ1v) is 7.95. The van der Waals surface area contributed by atoms with Crippen molar-refractivity contribution in [1.29, 1.82) is 0 Å². The number of hydrogen-bond donors (Lipinski definition) is 2. The molecule has 0 unspecified atom stereocenters. The summed E-state index contributed by atoms with van der Waals surface area (Å²) in [7, 11) is 0. The van der Waals surface area contributed by atoms with E-state index >= 15 is 0 Å². The first-order chi connectivity index (χ1) is 9.33. The molecule has 5 nitrogen and oxygen atoms in total. The summed E-state index contributed by atoms with van der Waals surface area (Å²) in [6.45, 7) is 1.58. The maximum Gasteiger partial charge on any atom is 0.223 e. The van der Waals surface area contributed by atoms with Gasteiger partial charge in [-0.2, -0.15) is 4.37 Å². The minimum Gasteiger partial charge on any atom is -0.360 e. The molecule has 6 heteroatoms. The lowest BCUT2D eigenvalue weighted by Gasteiger charge is -2.23. The number of nitrogens with zero attached hydrogens (tertiary/aromatic N) is 2. The lowest BCUT2D eigenvalue weighted by atomic mass is 9.85. The van der Waals surface area contributed by atoms with E-state index in [0.29, 0.717) is 5.92 Å². The molecule has 2 saturated carbocycles. The van der Waals surface area contributed by atoms with E-state index in [0.717, 1.165) is 43.3 Å². The van der Waals surface area contributed by atoms with Gasteiger partial charge in [-0.3, -0.25) is 4.79 Å². The lowest BCUT2D eigenvalue weighted by molar-refractivity contribution is -0.127. The number of anilines is 1. The second-order valence-electron chi connectivity index (χ2n) is 5.43. The predicted octanol–water partition coefficient (Wildman–Crippen LogP) is 2.13. The quantitative estimate of drug-likeness (QED) is 0.751. The third-order valence-corrected chi connectivity index (χ3v) is 4.48. The van der Waals surface area contributed by atoms with Crippen LogP contribution in [0.15, 0.2) is 0 Å². The van der Waals surface area contributed by atoms with Crippen molar-refractivity contribution in [2.75, 3.05) is 18.4 Å². The molecule has 0 radical (unpaired) electrons. The van der Waals surface area contributed by atoms with Crippen molar-refractivity contribution in [3.63, 3.8) is 0 Å². The van der Waals surface area contributed by atoms with Gasteiger partial charge >= 0.3 is 0 Å². The Morgan fingerprint density at radius 1 is 1.26 bits per heavy atom. The van der Waals surface area contributed by atoms with Gasteiger partial charge in [-0.15, -0.1) is 0 Å². The van der Waals surface area contributed by atoms with E-state index in [1.807, 2.05) is 0 Å². The fourth-order valence-corrected chi connectivity index (χ4v) is 2.79. The summed E-state index contributed by atoms with van der Waals surface area (Å²) in [5.41, 5.74) is 0. The van der Waals surface area contributed by atoms with Crippen molar-refractivity contribution < 1.29 is 4.79 Å². The number of amides is 1. The number of carbonyl (C=O) groups excluding carboxylic acids is 1. The fraction of sp³-hybridized carbons (Fsp3) is 0.769. The van der Waals surface area contributed by atoms with Gasteiger partial charge in [-0.05, 0) is 32.1 Å². The number of carbonyl (C=O) groups is 1. The van der Waals surface area contributed by atoms with Crippen molar-refractivity contribution in [2.45, 2.75) is 44.4 Å². The molecule has 0 aliphatic heterocycles. The highest BCUT2D eigenvalue weighted by atomic mass is 32.1. The molecule has 0 saturated heterocycles. The molecule has 1 aromatic heterocycles. The molecule has 0 spiro atoms. The first-order valence-electron chi connectivity index (χ1n) is 7.18. The molecule has 0 aromatic carbocycles. The number of rotatable bonds is 7. The minimum atomic E-state index is 0.234. The lowest BCUT2D eigenvalue weighted by Crippen LogP contribution is -2.35. The molecule has 1 heterocycles. The Balaban J connectivity index is 1.28. The number of aromatic nitrogens is 2. The summed E-state index contributed by atoms with van der Waals surface area (Å²) < 4.78 is 4.35. The summed E-state index contributed by atoms with van der Waals surface area (Å²) in [4.78, 5) is 16.1. The van der Waals surface area contributed by atoms with Crippen LogP contribution in [0.25, 0.3) is 0 Å². The standard InChI is InChI=1S/C13H20N4OS/c18-12(10-3-1-4-10)14-7-2-8-15-13-16-11(17-19-13)9-5-6-9/h9-10H,1-8H2,(H,14,18)(H,15,16,17). The van der Waals surface area contributed by atoms with Gasteiger partial charge in [0, 0.05) is 36.5 Å². The Kier molecular flexibility index (Phi) is 3.96. The summed E-state index contributed by atoms with van der Waals surface area (Å²) in [6, 6.07) is 0. The van der Waals surface area contributed by atoms with Crippen LogP contribution >= 0.6 is 11.5 Å². The highest BCUT2D eigenvalue weighted by molar-refractivity contribution is 7.09. The van der Waals surface area contributed by atoms with Gasteiger partial charge in [0.15, 0.2) is 0 Å². The zero-order chi connectivity index (χ0) is 13.1. The maximum absolute atomic E-state index is 11.6. The van der Waals surface area contributed by atoms with Crippen molar-refractivity contribution in [2.24, 2.45) is 5.92 Å². The second-order valence-corrected chi connectivity index (χ2v) is 6.18. The Hall–Kier alpha value is -1.17. The average molecular weight is 280 g/mol. The molecule has 2 aliphatic carbocycles. The Morgan fingerprint density at radius 2 is 2.11 bits per heavy atom.